The minimum atomic E-state index is -0.531. The fraction of sp³-hybridized carbons (Fsp3) is 0.647. The second kappa shape index (κ2) is 4.70. The average molecular weight is 244 g/mol. The van der Waals surface area contributed by atoms with E-state index < -0.39 is 5.60 Å². The third-order valence-electron chi connectivity index (χ3n) is 5.01. The minimum absolute atomic E-state index is 0.531. The third kappa shape index (κ3) is 2.61. The zero-order valence-corrected chi connectivity index (χ0v) is 11.3. The van der Waals surface area contributed by atoms with E-state index in [2.05, 4.69) is 24.3 Å². The first-order chi connectivity index (χ1) is 8.62. The van der Waals surface area contributed by atoms with E-state index in [9.17, 15) is 5.11 Å². The van der Waals surface area contributed by atoms with Gasteiger partial charge in [-0.3, -0.25) is 0 Å². The van der Waals surface area contributed by atoms with Crippen molar-refractivity contribution in [2.24, 2.45) is 17.8 Å². The molecule has 0 spiro atoms. The predicted molar refractivity (Wildman–Crippen MR) is 74.3 cm³/mol. The van der Waals surface area contributed by atoms with Gasteiger partial charge in [-0.05, 0) is 55.9 Å². The second-order valence-electron chi connectivity index (χ2n) is 6.80. The molecule has 0 aromatic heterocycles. The maximum atomic E-state index is 10.7. The Labute approximate surface area is 110 Å². The fourth-order valence-electron chi connectivity index (χ4n) is 4.30. The maximum Gasteiger partial charge on any atom is 0.0662 e. The quantitative estimate of drug-likeness (QED) is 0.854. The molecule has 18 heavy (non-hydrogen) atoms. The van der Waals surface area contributed by atoms with E-state index in [4.69, 9.17) is 0 Å². The van der Waals surface area contributed by atoms with E-state index in [1.165, 1.54) is 31.2 Å². The van der Waals surface area contributed by atoms with E-state index in [1.807, 2.05) is 13.0 Å². The van der Waals surface area contributed by atoms with Crippen LogP contribution in [0.4, 0.5) is 0 Å². The van der Waals surface area contributed by atoms with Crippen LogP contribution in [0.2, 0.25) is 0 Å². The molecule has 2 aliphatic rings. The van der Waals surface area contributed by atoms with Crippen LogP contribution in [-0.4, -0.2) is 10.7 Å². The number of fused-ring (bicyclic) bond motifs is 2. The van der Waals surface area contributed by atoms with Crippen molar-refractivity contribution in [3.63, 3.8) is 0 Å². The SMILES string of the molecule is CC(O)(Cc1ccccc1)CC1CC2CCC1C2. The van der Waals surface area contributed by atoms with Gasteiger partial charge in [-0.1, -0.05) is 36.8 Å². The Bertz CT molecular complexity index is 395. The lowest BCUT2D eigenvalue weighted by atomic mass is 9.79. The van der Waals surface area contributed by atoms with Gasteiger partial charge < -0.3 is 5.11 Å². The predicted octanol–water partition coefficient (Wildman–Crippen LogP) is 3.81. The lowest BCUT2D eigenvalue weighted by Crippen LogP contribution is -2.32. The first-order valence-electron chi connectivity index (χ1n) is 7.39. The maximum absolute atomic E-state index is 10.7. The Morgan fingerprint density at radius 3 is 2.56 bits per heavy atom. The summed E-state index contributed by atoms with van der Waals surface area (Å²) >= 11 is 0. The van der Waals surface area contributed by atoms with Crippen LogP contribution >= 0.6 is 0 Å². The van der Waals surface area contributed by atoms with Crippen LogP contribution in [0.1, 0.15) is 44.6 Å². The Morgan fingerprint density at radius 1 is 1.17 bits per heavy atom. The second-order valence-corrected chi connectivity index (χ2v) is 6.80. The normalized spacial score (nSPS) is 33.6. The molecule has 0 aliphatic heterocycles. The largest absolute Gasteiger partial charge is 0.390 e. The molecule has 2 fully saturated rings. The highest BCUT2D eigenvalue weighted by molar-refractivity contribution is 5.16. The van der Waals surface area contributed by atoms with E-state index in [-0.39, 0.29) is 0 Å². The summed E-state index contributed by atoms with van der Waals surface area (Å²) in [7, 11) is 0. The van der Waals surface area contributed by atoms with Crippen molar-refractivity contribution in [1.82, 2.24) is 0 Å². The molecule has 1 aromatic rings. The number of benzene rings is 1. The highest BCUT2D eigenvalue weighted by atomic mass is 16.3. The van der Waals surface area contributed by atoms with Gasteiger partial charge in [0.1, 0.15) is 0 Å². The molecule has 1 heteroatoms. The Hall–Kier alpha value is -0.820. The summed E-state index contributed by atoms with van der Waals surface area (Å²) in [4.78, 5) is 0. The van der Waals surface area contributed by atoms with Crippen molar-refractivity contribution in [2.75, 3.05) is 0 Å². The lowest BCUT2D eigenvalue weighted by Gasteiger charge is -2.31. The fourth-order valence-corrected chi connectivity index (χ4v) is 4.30. The van der Waals surface area contributed by atoms with E-state index in [1.54, 1.807) is 0 Å². The summed E-state index contributed by atoms with van der Waals surface area (Å²) in [6, 6.07) is 10.4. The first-order valence-corrected chi connectivity index (χ1v) is 7.39. The summed E-state index contributed by atoms with van der Waals surface area (Å²) in [6.45, 7) is 2.02. The van der Waals surface area contributed by atoms with Crippen LogP contribution in [0, 0.1) is 17.8 Å². The molecule has 0 amide bonds. The van der Waals surface area contributed by atoms with Crippen molar-refractivity contribution >= 4 is 0 Å². The van der Waals surface area contributed by atoms with E-state index >= 15 is 0 Å². The molecule has 0 radical (unpaired) electrons. The highest BCUT2D eigenvalue weighted by Gasteiger charge is 2.41. The molecule has 0 saturated heterocycles. The molecule has 2 saturated carbocycles. The smallest absolute Gasteiger partial charge is 0.0662 e. The molecule has 1 aromatic carbocycles. The Balaban J connectivity index is 1.61. The summed E-state index contributed by atoms with van der Waals surface area (Å²) < 4.78 is 0. The molecule has 1 N–H and O–H groups in total. The molecule has 2 aliphatic carbocycles. The third-order valence-corrected chi connectivity index (χ3v) is 5.01. The summed E-state index contributed by atoms with van der Waals surface area (Å²) in [5.74, 6) is 2.67. The van der Waals surface area contributed by atoms with Crippen molar-refractivity contribution in [3.8, 4) is 0 Å². The van der Waals surface area contributed by atoms with Crippen LogP contribution in [0.3, 0.4) is 0 Å². The molecular weight excluding hydrogens is 220 g/mol. The van der Waals surface area contributed by atoms with Crippen LogP contribution in [0.5, 0.6) is 0 Å². The zero-order valence-electron chi connectivity index (χ0n) is 11.3. The van der Waals surface area contributed by atoms with Gasteiger partial charge in [0.05, 0.1) is 5.60 Å². The monoisotopic (exact) mass is 244 g/mol. The van der Waals surface area contributed by atoms with Gasteiger partial charge in [-0.15, -0.1) is 0 Å². The lowest BCUT2D eigenvalue weighted by molar-refractivity contribution is 0.0246. The molecule has 4 atom stereocenters. The van der Waals surface area contributed by atoms with Crippen molar-refractivity contribution in [1.29, 1.82) is 0 Å². The van der Waals surface area contributed by atoms with Crippen LogP contribution in [0.25, 0.3) is 0 Å². The topological polar surface area (TPSA) is 20.2 Å². The van der Waals surface area contributed by atoms with Gasteiger partial charge in [-0.2, -0.15) is 0 Å². The van der Waals surface area contributed by atoms with Crippen LogP contribution in [-0.2, 0) is 6.42 Å². The van der Waals surface area contributed by atoms with Gasteiger partial charge in [0.2, 0.25) is 0 Å². The van der Waals surface area contributed by atoms with E-state index in [0.29, 0.717) is 0 Å². The van der Waals surface area contributed by atoms with Gasteiger partial charge in [0.15, 0.2) is 0 Å². The number of hydrogen-bond acceptors (Lipinski definition) is 1. The summed E-state index contributed by atoms with van der Waals surface area (Å²) in [5, 5.41) is 10.7. The molecule has 3 rings (SSSR count). The Morgan fingerprint density at radius 2 is 1.94 bits per heavy atom. The zero-order chi connectivity index (χ0) is 12.6. The molecular formula is C17H24O. The summed E-state index contributed by atoms with van der Waals surface area (Å²) in [6.07, 6.45) is 7.45. The van der Waals surface area contributed by atoms with Gasteiger partial charge in [0.25, 0.3) is 0 Å². The number of hydrogen-bond donors (Lipinski definition) is 1. The molecule has 1 nitrogen and oxygen atoms in total. The molecule has 0 heterocycles. The van der Waals surface area contributed by atoms with Gasteiger partial charge in [-0.25, -0.2) is 0 Å². The first kappa shape index (κ1) is 12.2. The number of aliphatic hydroxyl groups is 1. The van der Waals surface area contributed by atoms with Crippen LogP contribution < -0.4 is 0 Å². The van der Waals surface area contributed by atoms with Crippen molar-refractivity contribution < 1.29 is 5.11 Å². The van der Waals surface area contributed by atoms with Crippen LogP contribution in [0.15, 0.2) is 30.3 Å². The Kier molecular flexibility index (Phi) is 3.19. The standard InChI is InChI=1S/C17H24O/c1-17(18,11-13-5-3-2-4-6-13)12-16-10-14-7-8-15(16)9-14/h2-6,14-16,18H,7-12H2,1H3. The molecule has 2 bridgehead atoms. The minimum Gasteiger partial charge on any atom is -0.390 e. The summed E-state index contributed by atoms with van der Waals surface area (Å²) in [5.41, 5.74) is 0.724. The van der Waals surface area contributed by atoms with Crippen molar-refractivity contribution in [2.45, 2.75) is 51.0 Å². The van der Waals surface area contributed by atoms with E-state index in [0.717, 1.165) is 30.6 Å². The molecule has 98 valence electrons. The molecule has 4 unspecified atom stereocenters. The van der Waals surface area contributed by atoms with Crippen molar-refractivity contribution in [3.05, 3.63) is 35.9 Å². The average Bonchev–Trinajstić information content (AvgIpc) is 2.90. The van der Waals surface area contributed by atoms with Gasteiger partial charge in [0, 0.05) is 6.42 Å². The number of rotatable bonds is 4. The highest BCUT2D eigenvalue weighted by Crippen LogP contribution is 2.50. The van der Waals surface area contributed by atoms with Gasteiger partial charge >= 0.3 is 0 Å².